The minimum Gasteiger partial charge on any atom is -0.756 e. The molecule has 0 aliphatic rings. The summed E-state index contributed by atoms with van der Waals surface area (Å²) in [5.74, 6) is -0.339. The van der Waals surface area contributed by atoms with E-state index in [1.165, 1.54) is 122 Å². The van der Waals surface area contributed by atoms with Crippen molar-refractivity contribution in [1.82, 2.24) is 0 Å². The number of carbonyl (C=O) groups is 1. The molecular formula is C39H78NO7P. The molecule has 0 N–H and O–H groups in total. The first-order valence-electron chi connectivity index (χ1n) is 19.9. The lowest BCUT2D eigenvalue weighted by molar-refractivity contribution is -0.870. The molecule has 0 aliphatic carbocycles. The number of carbonyl (C=O) groups excluding carboxylic acids is 1. The van der Waals surface area contributed by atoms with Gasteiger partial charge in [0.2, 0.25) is 0 Å². The highest BCUT2D eigenvalue weighted by Crippen LogP contribution is 2.38. The maximum atomic E-state index is 12.6. The van der Waals surface area contributed by atoms with Crippen LogP contribution in [-0.4, -0.2) is 70.7 Å². The van der Waals surface area contributed by atoms with Gasteiger partial charge in [-0.05, 0) is 38.5 Å². The van der Waals surface area contributed by atoms with Crippen LogP contribution in [0, 0.1) is 0 Å². The zero-order chi connectivity index (χ0) is 35.6. The minimum absolute atomic E-state index is 0.0279. The molecule has 9 heteroatoms. The lowest BCUT2D eigenvalue weighted by Crippen LogP contribution is -2.37. The fourth-order valence-corrected chi connectivity index (χ4v) is 6.15. The Hall–Kier alpha value is -0.760. The van der Waals surface area contributed by atoms with E-state index in [-0.39, 0.29) is 25.8 Å². The summed E-state index contributed by atoms with van der Waals surface area (Å²) in [7, 11) is 1.36. The monoisotopic (exact) mass is 704 g/mol. The summed E-state index contributed by atoms with van der Waals surface area (Å²) in [4.78, 5) is 24.9. The number of unbranched alkanes of at least 4 members (excludes halogenated alkanes) is 21. The number of hydrogen-bond donors (Lipinski definition) is 0. The molecule has 0 saturated carbocycles. The number of hydrogen-bond acceptors (Lipinski definition) is 7. The maximum Gasteiger partial charge on any atom is 0.306 e. The lowest BCUT2D eigenvalue weighted by atomic mass is 10.1. The molecule has 0 fully saturated rings. The molecule has 0 aromatic heterocycles. The van der Waals surface area contributed by atoms with Crippen molar-refractivity contribution in [2.75, 3.05) is 54.1 Å². The van der Waals surface area contributed by atoms with Gasteiger partial charge >= 0.3 is 5.97 Å². The summed E-state index contributed by atoms with van der Waals surface area (Å²) >= 11 is 0. The van der Waals surface area contributed by atoms with Crippen molar-refractivity contribution in [2.45, 2.75) is 180 Å². The Kier molecular flexibility index (Phi) is 32.9. The molecule has 0 aliphatic heterocycles. The number of esters is 1. The summed E-state index contributed by atoms with van der Waals surface area (Å²) in [6.45, 7) is 5.39. The summed E-state index contributed by atoms with van der Waals surface area (Å²) in [6, 6.07) is 0. The first-order valence-corrected chi connectivity index (χ1v) is 21.4. The van der Waals surface area contributed by atoms with Gasteiger partial charge in [0.1, 0.15) is 19.3 Å². The summed E-state index contributed by atoms with van der Waals surface area (Å²) in [6.07, 6.45) is 33.6. The second-order valence-corrected chi connectivity index (χ2v) is 16.1. The molecule has 0 aromatic rings. The molecule has 2 unspecified atom stereocenters. The molecule has 0 aromatic carbocycles. The minimum atomic E-state index is -4.51. The number of phosphoric acid groups is 1. The molecule has 0 saturated heterocycles. The van der Waals surface area contributed by atoms with Crippen LogP contribution in [0.25, 0.3) is 0 Å². The fraction of sp³-hybridized carbons (Fsp3) is 0.923. The summed E-state index contributed by atoms with van der Waals surface area (Å²) in [5.41, 5.74) is 0. The number of quaternary nitrogens is 1. The van der Waals surface area contributed by atoms with E-state index in [2.05, 4.69) is 26.0 Å². The summed E-state index contributed by atoms with van der Waals surface area (Å²) < 4.78 is 34.4. The van der Waals surface area contributed by atoms with Gasteiger partial charge in [0.15, 0.2) is 0 Å². The van der Waals surface area contributed by atoms with E-state index in [1.54, 1.807) is 0 Å². The molecule has 286 valence electrons. The number of nitrogens with zero attached hydrogens (tertiary/aromatic N) is 1. The van der Waals surface area contributed by atoms with E-state index in [9.17, 15) is 14.3 Å². The van der Waals surface area contributed by atoms with Gasteiger partial charge in [-0.1, -0.05) is 142 Å². The van der Waals surface area contributed by atoms with Crippen molar-refractivity contribution in [3.8, 4) is 0 Å². The van der Waals surface area contributed by atoms with Crippen LogP contribution >= 0.6 is 7.82 Å². The number of likely N-dealkylation sites (N-methyl/N-ethyl adjacent to an activating group) is 1. The third-order valence-corrected chi connectivity index (χ3v) is 9.53. The van der Waals surface area contributed by atoms with Crippen LogP contribution < -0.4 is 4.89 Å². The molecule has 2 atom stereocenters. The molecule has 48 heavy (non-hydrogen) atoms. The fourth-order valence-electron chi connectivity index (χ4n) is 5.42. The third-order valence-electron chi connectivity index (χ3n) is 8.57. The van der Waals surface area contributed by atoms with Crippen molar-refractivity contribution in [2.24, 2.45) is 0 Å². The van der Waals surface area contributed by atoms with E-state index < -0.39 is 13.9 Å². The predicted molar refractivity (Wildman–Crippen MR) is 199 cm³/mol. The SMILES string of the molecule is CCCCCCCCC/C=C\CCCCCCCCCC(=O)OC(COCCCCCCCCCC)COP(=O)([O-])OCC[N+](C)(C)C. The van der Waals surface area contributed by atoms with Crippen LogP contribution in [0.2, 0.25) is 0 Å². The van der Waals surface area contributed by atoms with Crippen LogP contribution in [0.5, 0.6) is 0 Å². The van der Waals surface area contributed by atoms with Crippen LogP contribution in [0.3, 0.4) is 0 Å². The van der Waals surface area contributed by atoms with E-state index in [0.29, 0.717) is 24.1 Å². The zero-order valence-electron chi connectivity index (χ0n) is 32.2. The Morgan fingerprint density at radius 3 is 1.58 bits per heavy atom. The molecule has 0 amide bonds. The first-order chi connectivity index (χ1) is 23.1. The van der Waals surface area contributed by atoms with Crippen molar-refractivity contribution in [1.29, 1.82) is 0 Å². The Morgan fingerprint density at radius 2 is 1.08 bits per heavy atom. The highest BCUT2D eigenvalue weighted by Gasteiger charge is 2.20. The average Bonchev–Trinajstić information content (AvgIpc) is 3.03. The molecule has 0 radical (unpaired) electrons. The van der Waals surface area contributed by atoms with Gasteiger partial charge < -0.3 is 27.9 Å². The van der Waals surface area contributed by atoms with Gasteiger partial charge in [0.05, 0.1) is 34.4 Å². The van der Waals surface area contributed by atoms with Crippen molar-refractivity contribution in [3.05, 3.63) is 12.2 Å². The van der Waals surface area contributed by atoms with Gasteiger partial charge in [-0.15, -0.1) is 0 Å². The lowest BCUT2D eigenvalue weighted by Gasteiger charge is -2.28. The van der Waals surface area contributed by atoms with Crippen molar-refractivity contribution in [3.63, 3.8) is 0 Å². The second-order valence-electron chi connectivity index (χ2n) is 14.6. The highest BCUT2D eigenvalue weighted by atomic mass is 31.2. The Balaban J connectivity index is 4.18. The van der Waals surface area contributed by atoms with Gasteiger partial charge in [-0.25, -0.2) is 0 Å². The van der Waals surface area contributed by atoms with E-state index >= 15 is 0 Å². The summed E-state index contributed by atoms with van der Waals surface area (Å²) in [5, 5.41) is 0. The van der Waals surface area contributed by atoms with Crippen molar-refractivity contribution >= 4 is 13.8 Å². The smallest absolute Gasteiger partial charge is 0.306 e. The number of rotatable bonds is 37. The van der Waals surface area contributed by atoms with E-state index in [0.717, 1.165) is 32.1 Å². The van der Waals surface area contributed by atoms with Gasteiger partial charge in [0.25, 0.3) is 7.82 Å². The third kappa shape index (κ3) is 36.5. The zero-order valence-corrected chi connectivity index (χ0v) is 33.1. The first kappa shape index (κ1) is 47.2. The number of allylic oxidation sites excluding steroid dienone is 2. The topological polar surface area (TPSA) is 94.1 Å². The molecule has 0 rings (SSSR count). The largest absolute Gasteiger partial charge is 0.756 e. The Bertz CT molecular complexity index is 787. The van der Waals surface area contributed by atoms with Crippen molar-refractivity contribution < 1.29 is 37.3 Å². The highest BCUT2D eigenvalue weighted by molar-refractivity contribution is 7.45. The van der Waals surface area contributed by atoms with E-state index in [1.807, 2.05) is 21.1 Å². The Morgan fingerprint density at radius 1 is 0.625 bits per heavy atom. The second kappa shape index (κ2) is 33.4. The molecule has 8 nitrogen and oxygen atoms in total. The van der Waals surface area contributed by atoms with Gasteiger partial charge in [0, 0.05) is 13.0 Å². The molecule has 0 bridgehead atoms. The Labute approximate surface area is 297 Å². The number of ether oxygens (including phenoxy) is 2. The predicted octanol–water partition coefficient (Wildman–Crippen LogP) is 10.5. The molecule has 0 heterocycles. The van der Waals surface area contributed by atoms with Crippen LogP contribution in [0.15, 0.2) is 12.2 Å². The van der Waals surface area contributed by atoms with Crippen LogP contribution in [0.1, 0.15) is 174 Å². The van der Waals surface area contributed by atoms with Crippen LogP contribution in [0.4, 0.5) is 0 Å². The average molecular weight is 704 g/mol. The van der Waals surface area contributed by atoms with E-state index in [4.69, 9.17) is 18.5 Å². The standard InChI is InChI=1S/C39H78NO7P/c1-6-8-10-12-14-16-17-18-19-20-21-22-23-24-25-26-28-30-32-39(41)47-38(36-44-34-31-29-27-15-13-11-9-7-2)37-46-48(42,43)45-35-33-40(3,4)5/h19-20,38H,6-18,21-37H2,1-5H3/b20-19-. The maximum absolute atomic E-state index is 12.6. The number of phosphoric ester groups is 1. The molecular weight excluding hydrogens is 625 g/mol. The van der Waals surface area contributed by atoms with Gasteiger partial charge in [-0.3, -0.25) is 9.36 Å². The van der Waals surface area contributed by atoms with Gasteiger partial charge in [-0.2, -0.15) is 0 Å². The molecule has 0 spiro atoms. The quantitative estimate of drug-likeness (QED) is 0.0209. The van der Waals surface area contributed by atoms with Crippen LogP contribution in [-0.2, 0) is 27.9 Å². The normalized spacial score (nSPS) is 14.0.